The second-order valence-electron chi connectivity index (χ2n) is 19.4. The van der Waals surface area contributed by atoms with Gasteiger partial charge in [-0.2, -0.15) is 0 Å². The zero-order valence-electron chi connectivity index (χ0n) is 39.7. The van der Waals surface area contributed by atoms with Crippen LogP contribution < -0.4 is 10.3 Å². The van der Waals surface area contributed by atoms with Crippen molar-refractivity contribution in [1.29, 1.82) is 0 Å². The molecule has 4 aliphatic heterocycles. The summed E-state index contributed by atoms with van der Waals surface area (Å²) in [5, 5.41) is 22.9. The number of H-pyrrole nitrogens is 1. The molecule has 10 rings (SSSR count). The minimum atomic E-state index is -0.813. The summed E-state index contributed by atoms with van der Waals surface area (Å²) in [6, 6.07) is 36.3. The molecule has 5 aromatic carbocycles. The molecular formula is C57H60Cl2N4O8. The Morgan fingerprint density at radius 1 is 0.761 bits per heavy atom. The lowest BCUT2D eigenvalue weighted by Gasteiger charge is -2.46. The maximum Gasteiger partial charge on any atom is 0.317 e. The molecule has 4 fully saturated rings. The van der Waals surface area contributed by atoms with E-state index < -0.39 is 11.5 Å². The predicted octanol–water partition coefficient (Wildman–Crippen LogP) is 9.94. The van der Waals surface area contributed by atoms with Gasteiger partial charge in [0.15, 0.2) is 0 Å². The number of rotatable bonds is 18. The number of aliphatic hydroxyl groups is 1. The standard InChI is InChI=1S/C57H60Cl2N4O8/c58-47-20-17-44(35-48(47)59)70-43-11-7-8-40(32-43)36-63(27-6-2-5-12-49(64)45-18-21-50(65)55-46(45)19-22-52(66)60-55)54(68)34-39-15-13-38(14-16-39)33-53(67)62-30-25-57(26-31-62,42-9-3-1-4-10-42)56(69)71-51-37-61-28-23-41(51)24-29-61/h1,3-4,7-11,13-22,32,35,41,49,51,64-65H,2,5-6,12,23-31,33-34,36-37H2,(H,60,66)/t49-,51-/m0/s1. The third kappa shape index (κ3) is 12.0. The van der Waals surface area contributed by atoms with Crippen molar-refractivity contribution in [3.63, 3.8) is 0 Å². The highest BCUT2D eigenvalue weighted by Crippen LogP contribution is 2.40. The van der Waals surface area contributed by atoms with Gasteiger partial charge in [0.25, 0.3) is 0 Å². The van der Waals surface area contributed by atoms with Gasteiger partial charge in [-0.3, -0.25) is 24.1 Å². The summed E-state index contributed by atoms with van der Waals surface area (Å²) in [5.74, 6) is 1.24. The minimum absolute atomic E-state index is 0.00179. The third-order valence-electron chi connectivity index (χ3n) is 14.7. The molecule has 12 nitrogen and oxygen atoms in total. The molecular weight excluding hydrogens is 940 g/mol. The lowest BCUT2D eigenvalue weighted by molar-refractivity contribution is -0.168. The minimum Gasteiger partial charge on any atom is -0.506 e. The van der Waals surface area contributed by atoms with E-state index in [4.69, 9.17) is 32.7 Å². The number of ether oxygens (including phenoxy) is 2. The molecule has 71 heavy (non-hydrogen) atoms. The number of unbranched alkanes of at least 4 members (excludes halogenated alkanes) is 2. The number of nitrogens with zero attached hydrogens (tertiary/aromatic N) is 3. The van der Waals surface area contributed by atoms with Crippen LogP contribution in [0.4, 0.5) is 0 Å². The molecule has 0 aliphatic carbocycles. The number of fused-ring (bicyclic) bond motifs is 4. The number of phenolic OH excluding ortho intramolecular Hbond substituents is 1. The number of piperidine rings is 4. The molecule has 4 saturated heterocycles. The first kappa shape index (κ1) is 49.8. The Balaban J connectivity index is 0.817. The second kappa shape index (κ2) is 22.5. The average Bonchev–Trinajstić information content (AvgIpc) is 3.38. The molecule has 0 unspecified atom stereocenters. The number of esters is 1. The maximum absolute atomic E-state index is 14.2. The molecule has 2 bridgehead atoms. The van der Waals surface area contributed by atoms with Gasteiger partial charge in [-0.05, 0) is 122 Å². The first-order chi connectivity index (χ1) is 34.4. The molecule has 3 N–H and O–H groups in total. The fraction of sp³-hybridized carbons (Fsp3) is 0.368. The normalized spacial score (nSPS) is 18.7. The zero-order chi connectivity index (χ0) is 49.5. The number of hydrogen-bond donors (Lipinski definition) is 3. The topological polar surface area (TPSA) is 153 Å². The molecule has 0 radical (unpaired) electrons. The van der Waals surface area contributed by atoms with Crippen molar-refractivity contribution in [1.82, 2.24) is 19.7 Å². The van der Waals surface area contributed by atoms with Crippen LogP contribution in [0.25, 0.3) is 10.9 Å². The lowest BCUT2D eigenvalue weighted by atomic mass is 9.72. The highest BCUT2D eigenvalue weighted by molar-refractivity contribution is 6.42. The number of aromatic nitrogens is 1. The van der Waals surface area contributed by atoms with Crippen molar-refractivity contribution in [2.45, 2.75) is 88.4 Å². The van der Waals surface area contributed by atoms with Crippen LogP contribution in [-0.2, 0) is 43.9 Å². The number of aliphatic hydroxyl groups excluding tert-OH is 1. The molecule has 370 valence electrons. The van der Waals surface area contributed by atoms with Gasteiger partial charge < -0.3 is 34.5 Å². The van der Waals surface area contributed by atoms with Crippen LogP contribution in [0.5, 0.6) is 17.2 Å². The number of halogens is 2. The van der Waals surface area contributed by atoms with Gasteiger partial charge in [0.1, 0.15) is 23.4 Å². The summed E-state index contributed by atoms with van der Waals surface area (Å²) in [7, 11) is 0. The number of likely N-dealkylation sites (tertiary alicyclic amines) is 1. The predicted molar refractivity (Wildman–Crippen MR) is 275 cm³/mol. The Kier molecular flexibility index (Phi) is 15.8. The fourth-order valence-electron chi connectivity index (χ4n) is 10.6. The Morgan fingerprint density at radius 2 is 1.49 bits per heavy atom. The number of amides is 2. The van der Waals surface area contributed by atoms with Crippen LogP contribution in [-0.4, -0.2) is 93.1 Å². The molecule has 5 heterocycles. The zero-order valence-corrected chi connectivity index (χ0v) is 41.3. The van der Waals surface area contributed by atoms with Crippen LogP contribution in [0.3, 0.4) is 0 Å². The van der Waals surface area contributed by atoms with Gasteiger partial charge in [-0.25, -0.2) is 0 Å². The monoisotopic (exact) mass is 998 g/mol. The number of pyridine rings is 1. The molecule has 6 aromatic rings. The van der Waals surface area contributed by atoms with Crippen molar-refractivity contribution < 1.29 is 34.1 Å². The second-order valence-corrected chi connectivity index (χ2v) is 20.2. The highest BCUT2D eigenvalue weighted by Gasteiger charge is 2.47. The number of aromatic hydroxyl groups is 1. The van der Waals surface area contributed by atoms with E-state index >= 15 is 0 Å². The van der Waals surface area contributed by atoms with Crippen LogP contribution >= 0.6 is 23.2 Å². The summed E-state index contributed by atoms with van der Waals surface area (Å²) in [4.78, 5) is 62.8. The SMILES string of the molecule is O=C(Cc1ccc(CC(=O)N(CCCCC[C@H](O)c2ccc(O)c3[nH]c(=O)ccc23)Cc2cccc(Oc3ccc(Cl)c(Cl)c3)c2)cc1)N1CCC(C(=O)O[C@H]2CN3CCC2CC3)(c2ccccc2)CC1. The Labute approximate surface area is 424 Å². The molecule has 2 atom stereocenters. The molecule has 0 saturated carbocycles. The smallest absolute Gasteiger partial charge is 0.317 e. The largest absolute Gasteiger partial charge is 0.506 e. The molecule has 1 aromatic heterocycles. The van der Waals surface area contributed by atoms with E-state index in [0.717, 1.165) is 61.2 Å². The van der Waals surface area contributed by atoms with E-state index in [1.54, 1.807) is 30.3 Å². The summed E-state index contributed by atoms with van der Waals surface area (Å²) >= 11 is 12.4. The van der Waals surface area contributed by atoms with Crippen molar-refractivity contribution >= 4 is 51.9 Å². The lowest BCUT2D eigenvalue weighted by Crippen LogP contribution is -2.55. The number of nitrogens with one attached hydrogen (secondary N) is 1. The van der Waals surface area contributed by atoms with Crippen LogP contribution in [0.1, 0.15) is 85.3 Å². The number of hydrogen-bond acceptors (Lipinski definition) is 9. The molecule has 2 amide bonds. The van der Waals surface area contributed by atoms with E-state index in [1.165, 1.54) is 12.1 Å². The quantitative estimate of drug-likeness (QED) is 0.0565. The van der Waals surface area contributed by atoms with E-state index in [-0.39, 0.29) is 48.0 Å². The first-order valence-corrected chi connectivity index (χ1v) is 25.5. The average molecular weight is 1000 g/mol. The maximum atomic E-state index is 14.2. The number of carbonyl (C=O) groups excluding carboxylic acids is 3. The van der Waals surface area contributed by atoms with E-state index in [1.807, 2.05) is 88.7 Å². The van der Waals surface area contributed by atoms with Crippen molar-refractivity contribution in [2.24, 2.45) is 5.92 Å². The summed E-state index contributed by atoms with van der Waals surface area (Å²) in [5.41, 5.74) is 3.27. The number of benzene rings is 5. The van der Waals surface area contributed by atoms with Gasteiger partial charge in [0.05, 0.1) is 39.9 Å². The molecule has 0 spiro atoms. The number of phenols is 1. The van der Waals surface area contributed by atoms with Gasteiger partial charge in [0, 0.05) is 50.2 Å². The summed E-state index contributed by atoms with van der Waals surface area (Å²) in [6.45, 7) is 4.66. The van der Waals surface area contributed by atoms with E-state index in [0.29, 0.717) is 102 Å². The van der Waals surface area contributed by atoms with E-state index in [9.17, 15) is 29.4 Å². The van der Waals surface area contributed by atoms with Crippen molar-refractivity contribution in [2.75, 3.05) is 39.3 Å². The summed E-state index contributed by atoms with van der Waals surface area (Å²) in [6.07, 6.45) is 5.16. The van der Waals surface area contributed by atoms with Crippen LogP contribution in [0.15, 0.2) is 126 Å². The Bertz CT molecular complexity index is 2900. The van der Waals surface area contributed by atoms with Gasteiger partial charge in [0.2, 0.25) is 17.4 Å². The van der Waals surface area contributed by atoms with Crippen LogP contribution in [0, 0.1) is 5.92 Å². The molecule has 4 aliphatic rings. The van der Waals surface area contributed by atoms with Gasteiger partial charge >= 0.3 is 5.97 Å². The van der Waals surface area contributed by atoms with Crippen LogP contribution in [0.2, 0.25) is 10.0 Å². The van der Waals surface area contributed by atoms with Crippen molar-refractivity contribution in [3.05, 3.63) is 170 Å². The molecule has 14 heteroatoms. The van der Waals surface area contributed by atoms with Gasteiger partial charge in [-0.1, -0.05) is 109 Å². The number of aromatic amines is 1. The van der Waals surface area contributed by atoms with Gasteiger partial charge in [-0.15, -0.1) is 0 Å². The first-order valence-electron chi connectivity index (χ1n) is 24.8. The fourth-order valence-corrected chi connectivity index (χ4v) is 10.9. The van der Waals surface area contributed by atoms with Crippen molar-refractivity contribution in [3.8, 4) is 17.2 Å². The Morgan fingerprint density at radius 3 is 2.21 bits per heavy atom. The Hall–Kier alpha value is -6.18. The highest BCUT2D eigenvalue weighted by atomic mass is 35.5. The third-order valence-corrected chi connectivity index (χ3v) is 15.4. The number of carbonyl (C=O) groups is 3. The summed E-state index contributed by atoms with van der Waals surface area (Å²) < 4.78 is 12.5. The van der Waals surface area contributed by atoms with E-state index in [2.05, 4.69) is 9.88 Å².